The maximum Gasteiger partial charge on any atom is 0.139 e. The zero-order valence-electron chi connectivity index (χ0n) is 13.8. The van der Waals surface area contributed by atoms with E-state index in [-0.39, 0.29) is 18.1 Å². The molecule has 5 rings (SSSR count). The summed E-state index contributed by atoms with van der Waals surface area (Å²) in [6, 6.07) is 22.0. The van der Waals surface area contributed by atoms with Crippen LogP contribution in [0.2, 0.25) is 0 Å². The highest BCUT2D eigenvalue weighted by atomic mass is 32.1. The highest BCUT2D eigenvalue weighted by Gasteiger charge is 2.32. The largest absolute Gasteiger partial charge is 0.510 e. The minimum atomic E-state index is 0.196. The van der Waals surface area contributed by atoms with Crippen molar-refractivity contribution in [1.82, 2.24) is 4.98 Å². The third-order valence-electron chi connectivity index (χ3n) is 4.67. The molecule has 3 aromatic carbocycles. The highest BCUT2D eigenvalue weighted by molar-refractivity contribution is 7.19. The molecule has 0 saturated carbocycles. The number of fused-ring (bicyclic) bond motifs is 2. The van der Waals surface area contributed by atoms with E-state index in [0.29, 0.717) is 10.6 Å². The van der Waals surface area contributed by atoms with Crippen molar-refractivity contribution in [3.8, 4) is 0 Å². The fraction of sp³-hybridized carbons (Fsp3) is 0.0476. The van der Waals surface area contributed by atoms with E-state index in [0.717, 1.165) is 26.7 Å². The van der Waals surface area contributed by atoms with Crippen molar-refractivity contribution in [3.63, 3.8) is 0 Å². The lowest BCUT2D eigenvalue weighted by Crippen LogP contribution is -2.26. The standard InChI is InChI=1S/C21H15N3OS/c22-20-19(21-23-15-9-3-4-11-18(15)26-21)17(25)12-24(20)16-10-5-7-13-6-1-2-8-14(13)16/h1-11,22,25H,12H2. The van der Waals surface area contributed by atoms with Crippen molar-refractivity contribution in [2.24, 2.45) is 0 Å². The van der Waals surface area contributed by atoms with Gasteiger partial charge in [0.05, 0.1) is 28.0 Å². The molecular weight excluding hydrogens is 342 g/mol. The van der Waals surface area contributed by atoms with Crippen LogP contribution < -0.4 is 4.90 Å². The van der Waals surface area contributed by atoms with Crippen LogP contribution in [0.25, 0.3) is 26.6 Å². The van der Waals surface area contributed by atoms with Gasteiger partial charge in [0.1, 0.15) is 16.6 Å². The molecule has 26 heavy (non-hydrogen) atoms. The van der Waals surface area contributed by atoms with E-state index in [1.807, 2.05) is 59.5 Å². The van der Waals surface area contributed by atoms with Crippen LogP contribution in [0.4, 0.5) is 5.69 Å². The molecule has 1 aliphatic heterocycles. The molecule has 2 heterocycles. The van der Waals surface area contributed by atoms with Crippen LogP contribution in [0, 0.1) is 5.41 Å². The molecule has 1 aromatic heterocycles. The van der Waals surface area contributed by atoms with Gasteiger partial charge in [-0.3, -0.25) is 5.41 Å². The summed E-state index contributed by atoms with van der Waals surface area (Å²) in [5, 5.41) is 22.2. The highest BCUT2D eigenvalue weighted by Crippen LogP contribution is 2.37. The van der Waals surface area contributed by atoms with Crippen molar-refractivity contribution < 1.29 is 5.11 Å². The Morgan fingerprint density at radius 2 is 1.73 bits per heavy atom. The van der Waals surface area contributed by atoms with Gasteiger partial charge in [-0.15, -0.1) is 11.3 Å². The van der Waals surface area contributed by atoms with E-state index in [9.17, 15) is 5.11 Å². The van der Waals surface area contributed by atoms with E-state index in [2.05, 4.69) is 17.1 Å². The SMILES string of the molecule is N=C1C(c2nc3ccccc3s2)=C(O)CN1c1cccc2ccccc12. The minimum Gasteiger partial charge on any atom is -0.510 e. The number of aliphatic hydroxyl groups excluding tert-OH is 1. The van der Waals surface area contributed by atoms with Gasteiger partial charge in [-0.2, -0.15) is 0 Å². The number of nitrogens with zero attached hydrogens (tertiary/aromatic N) is 2. The predicted molar refractivity (Wildman–Crippen MR) is 108 cm³/mol. The van der Waals surface area contributed by atoms with E-state index < -0.39 is 0 Å². The number of aromatic nitrogens is 1. The van der Waals surface area contributed by atoms with Gasteiger partial charge >= 0.3 is 0 Å². The lowest BCUT2D eigenvalue weighted by molar-refractivity contribution is 0.411. The molecule has 0 unspecified atom stereocenters. The molecule has 4 nitrogen and oxygen atoms in total. The Balaban J connectivity index is 1.60. The Morgan fingerprint density at radius 3 is 2.62 bits per heavy atom. The fourth-order valence-corrected chi connectivity index (χ4v) is 4.47. The molecule has 0 amide bonds. The van der Waals surface area contributed by atoms with Crippen LogP contribution in [-0.2, 0) is 0 Å². The number of anilines is 1. The molecule has 4 aromatic rings. The molecule has 1 aliphatic rings. The van der Waals surface area contributed by atoms with Gasteiger partial charge in [0.2, 0.25) is 0 Å². The third kappa shape index (κ3) is 2.21. The maximum atomic E-state index is 10.6. The number of benzene rings is 3. The summed E-state index contributed by atoms with van der Waals surface area (Å²) in [6.07, 6.45) is 0. The van der Waals surface area contributed by atoms with Crippen LogP contribution >= 0.6 is 11.3 Å². The Morgan fingerprint density at radius 1 is 0.962 bits per heavy atom. The summed E-state index contributed by atoms with van der Waals surface area (Å²) in [4.78, 5) is 6.47. The van der Waals surface area contributed by atoms with Crippen molar-refractivity contribution in [2.45, 2.75) is 0 Å². The summed E-state index contributed by atoms with van der Waals surface area (Å²) < 4.78 is 1.05. The molecule has 0 radical (unpaired) electrons. The van der Waals surface area contributed by atoms with Gasteiger partial charge < -0.3 is 10.0 Å². The Kier molecular flexibility index (Phi) is 3.30. The zero-order chi connectivity index (χ0) is 17.7. The normalized spacial score (nSPS) is 14.8. The Hall–Kier alpha value is -3.18. The number of para-hydroxylation sites is 1. The van der Waals surface area contributed by atoms with Gasteiger partial charge in [-0.1, -0.05) is 48.5 Å². The zero-order valence-corrected chi connectivity index (χ0v) is 14.6. The van der Waals surface area contributed by atoms with Crippen LogP contribution in [0.5, 0.6) is 0 Å². The first-order valence-corrected chi connectivity index (χ1v) is 9.16. The smallest absolute Gasteiger partial charge is 0.139 e. The molecule has 0 aliphatic carbocycles. The second kappa shape index (κ2) is 5.68. The van der Waals surface area contributed by atoms with Gasteiger partial charge in [0.25, 0.3) is 0 Å². The van der Waals surface area contributed by atoms with Crippen LogP contribution in [-0.4, -0.2) is 22.5 Å². The van der Waals surface area contributed by atoms with Gasteiger partial charge in [-0.25, -0.2) is 4.98 Å². The topological polar surface area (TPSA) is 60.2 Å². The number of hydrogen-bond donors (Lipinski definition) is 2. The molecule has 5 heteroatoms. The van der Waals surface area contributed by atoms with Gasteiger partial charge in [-0.05, 0) is 23.6 Å². The number of nitrogens with one attached hydrogen (secondary N) is 1. The van der Waals surface area contributed by atoms with Crippen LogP contribution in [0.3, 0.4) is 0 Å². The molecule has 0 atom stereocenters. The third-order valence-corrected chi connectivity index (χ3v) is 5.72. The maximum absolute atomic E-state index is 10.6. The van der Waals surface area contributed by atoms with E-state index >= 15 is 0 Å². The average Bonchev–Trinajstić information content (AvgIpc) is 3.21. The first-order chi connectivity index (χ1) is 12.7. The van der Waals surface area contributed by atoms with E-state index in [1.165, 1.54) is 11.3 Å². The summed E-state index contributed by atoms with van der Waals surface area (Å²) in [5.41, 5.74) is 2.35. The van der Waals surface area contributed by atoms with Gasteiger partial charge in [0.15, 0.2) is 0 Å². The monoisotopic (exact) mass is 357 g/mol. The van der Waals surface area contributed by atoms with Crippen molar-refractivity contribution in [2.75, 3.05) is 11.4 Å². The quantitative estimate of drug-likeness (QED) is 0.517. The molecule has 0 bridgehead atoms. The van der Waals surface area contributed by atoms with E-state index in [4.69, 9.17) is 5.41 Å². The predicted octanol–water partition coefficient (Wildman–Crippen LogP) is 5.22. The fourth-order valence-electron chi connectivity index (χ4n) is 3.43. The summed E-state index contributed by atoms with van der Waals surface area (Å²) in [7, 11) is 0. The van der Waals surface area contributed by atoms with Crippen LogP contribution in [0.15, 0.2) is 72.5 Å². The number of hydrogen-bond acceptors (Lipinski definition) is 4. The number of rotatable bonds is 2. The first-order valence-electron chi connectivity index (χ1n) is 8.34. The number of aliphatic hydroxyl groups is 1. The lowest BCUT2D eigenvalue weighted by atomic mass is 10.1. The molecular formula is C21H15N3OS. The molecule has 0 saturated heterocycles. The minimum absolute atomic E-state index is 0.196. The summed E-state index contributed by atoms with van der Waals surface area (Å²) in [6.45, 7) is 0.290. The molecule has 0 spiro atoms. The van der Waals surface area contributed by atoms with Crippen LogP contribution in [0.1, 0.15) is 5.01 Å². The van der Waals surface area contributed by atoms with Crippen molar-refractivity contribution in [3.05, 3.63) is 77.5 Å². The van der Waals surface area contributed by atoms with Crippen molar-refractivity contribution in [1.29, 1.82) is 5.41 Å². The lowest BCUT2D eigenvalue weighted by Gasteiger charge is -2.20. The van der Waals surface area contributed by atoms with Gasteiger partial charge in [0, 0.05) is 5.39 Å². The number of thiazole rings is 1. The Bertz CT molecular complexity index is 1170. The second-order valence-corrected chi connectivity index (χ2v) is 7.27. The summed E-state index contributed by atoms with van der Waals surface area (Å²) >= 11 is 1.51. The molecule has 0 fully saturated rings. The second-order valence-electron chi connectivity index (χ2n) is 6.24. The van der Waals surface area contributed by atoms with Crippen molar-refractivity contribution >= 4 is 49.4 Å². The molecule has 126 valence electrons. The average molecular weight is 357 g/mol. The number of amidine groups is 1. The molecule has 2 N–H and O–H groups in total. The van der Waals surface area contributed by atoms with E-state index in [1.54, 1.807) is 0 Å². The summed E-state index contributed by atoms with van der Waals surface area (Å²) in [5.74, 6) is 0.486. The Labute approximate surface area is 154 Å². The first kappa shape index (κ1) is 15.1.